The van der Waals surface area contributed by atoms with Gasteiger partial charge in [-0.1, -0.05) is 36.4 Å². The predicted octanol–water partition coefficient (Wildman–Crippen LogP) is 4.02. The van der Waals surface area contributed by atoms with E-state index in [1.807, 2.05) is 37.3 Å². The zero-order valence-electron chi connectivity index (χ0n) is 17.8. The second kappa shape index (κ2) is 9.66. The minimum absolute atomic E-state index is 0.200. The number of carbonyl (C=O) groups is 1. The molecule has 0 aliphatic rings. The molecule has 0 bridgehead atoms. The van der Waals surface area contributed by atoms with Gasteiger partial charge in [-0.15, -0.1) is 0 Å². The molecule has 0 radical (unpaired) electrons. The van der Waals surface area contributed by atoms with Crippen molar-refractivity contribution >= 4 is 21.6 Å². The standard InChI is InChI=1S/C24H26N2O4S/c1-18-16-20(24(27)25-19(2)17-30-21-10-6-4-7-11-21)14-15-23(18)26(3)31(28,29)22-12-8-5-9-13-22/h4-16,19H,17H2,1-3H3,(H,25,27). The molecule has 0 spiro atoms. The SMILES string of the molecule is Cc1cc(C(=O)NC(C)COc2ccccc2)ccc1N(C)S(=O)(=O)c1ccccc1. The van der Waals surface area contributed by atoms with E-state index in [4.69, 9.17) is 4.74 Å². The summed E-state index contributed by atoms with van der Waals surface area (Å²) >= 11 is 0. The van der Waals surface area contributed by atoms with Crippen molar-refractivity contribution in [2.24, 2.45) is 0 Å². The van der Waals surface area contributed by atoms with Gasteiger partial charge in [-0.05, 0) is 61.9 Å². The first kappa shape index (κ1) is 22.4. The van der Waals surface area contributed by atoms with Gasteiger partial charge >= 0.3 is 0 Å². The average molecular weight is 439 g/mol. The van der Waals surface area contributed by atoms with E-state index in [0.717, 1.165) is 5.75 Å². The summed E-state index contributed by atoms with van der Waals surface area (Å²) in [5, 5.41) is 2.90. The van der Waals surface area contributed by atoms with Gasteiger partial charge in [0.25, 0.3) is 15.9 Å². The Hall–Kier alpha value is -3.32. The summed E-state index contributed by atoms with van der Waals surface area (Å²) < 4.78 is 32.6. The smallest absolute Gasteiger partial charge is 0.264 e. The fraction of sp³-hybridized carbons (Fsp3) is 0.208. The van der Waals surface area contributed by atoms with Crippen LogP contribution in [0.25, 0.3) is 0 Å². The fourth-order valence-corrected chi connectivity index (χ4v) is 4.40. The Morgan fingerprint density at radius 1 is 1.00 bits per heavy atom. The van der Waals surface area contributed by atoms with Crippen LogP contribution in [-0.4, -0.2) is 34.0 Å². The van der Waals surface area contributed by atoms with Crippen LogP contribution in [0.2, 0.25) is 0 Å². The summed E-state index contributed by atoms with van der Waals surface area (Å²) in [6.07, 6.45) is 0. The zero-order chi connectivity index (χ0) is 22.4. The number of nitrogens with one attached hydrogen (secondary N) is 1. The lowest BCUT2D eigenvalue weighted by molar-refractivity contribution is 0.0926. The quantitative estimate of drug-likeness (QED) is 0.576. The monoisotopic (exact) mass is 438 g/mol. The molecule has 0 saturated heterocycles. The molecule has 6 nitrogen and oxygen atoms in total. The van der Waals surface area contributed by atoms with Gasteiger partial charge < -0.3 is 10.1 Å². The van der Waals surface area contributed by atoms with Gasteiger partial charge in [0.15, 0.2) is 0 Å². The van der Waals surface area contributed by atoms with E-state index in [1.54, 1.807) is 55.5 Å². The number of amides is 1. The number of rotatable bonds is 8. The van der Waals surface area contributed by atoms with Gasteiger partial charge in [-0.25, -0.2) is 8.42 Å². The third-order valence-corrected chi connectivity index (χ3v) is 6.61. The number of hydrogen-bond acceptors (Lipinski definition) is 4. The average Bonchev–Trinajstić information content (AvgIpc) is 2.78. The highest BCUT2D eigenvalue weighted by Crippen LogP contribution is 2.26. The fourth-order valence-electron chi connectivity index (χ4n) is 3.12. The molecule has 0 aromatic heterocycles. The van der Waals surface area contributed by atoms with Gasteiger partial charge in [-0.3, -0.25) is 9.10 Å². The summed E-state index contributed by atoms with van der Waals surface area (Å²) in [5.74, 6) is 0.499. The van der Waals surface area contributed by atoms with Crippen LogP contribution < -0.4 is 14.4 Å². The van der Waals surface area contributed by atoms with E-state index in [-0.39, 0.29) is 16.8 Å². The van der Waals surface area contributed by atoms with Crippen molar-refractivity contribution in [2.45, 2.75) is 24.8 Å². The lowest BCUT2D eigenvalue weighted by atomic mass is 10.1. The number of benzene rings is 3. The molecule has 0 fully saturated rings. The van der Waals surface area contributed by atoms with Crippen LogP contribution in [0.15, 0.2) is 83.8 Å². The van der Waals surface area contributed by atoms with Crippen LogP contribution in [0.3, 0.4) is 0 Å². The molecule has 3 aromatic rings. The number of nitrogens with zero attached hydrogens (tertiary/aromatic N) is 1. The van der Waals surface area contributed by atoms with E-state index < -0.39 is 10.0 Å². The number of para-hydroxylation sites is 1. The van der Waals surface area contributed by atoms with E-state index in [0.29, 0.717) is 23.4 Å². The van der Waals surface area contributed by atoms with Crippen LogP contribution in [0, 0.1) is 6.92 Å². The van der Waals surface area contributed by atoms with E-state index in [1.165, 1.54) is 11.4 Å². The second-order valence-corrected chi connectivity index (χ2v) is 9.25. The summed E-state index contributed by atoms with van der Waals surface area (Å²) in [6.45, 7) is 3.98. The number of carbonyl (C=O) groups excluding carboxylic acids is 1. The number of sulfonamides is 1. The first-order valence-electron chi connectivity index (χ1n) is 9.92. The number of ether oxygens (including phenoxy) is 1. The molecule has 0 heterocycles. The largest absolute Gasteiger partial charge is 0.491 e. The zero-order valence-corrected chi connectivity index (χ0v) is 18.6. The Bertz CT molecular complexity index is 1130. The molecule has 1 amide bonds. The molecule has 1 unspecified atom stereocenters. The molecule has 3 aromatic carbocycles. The normalized spacial score (nSPS) is 12.1. The highest BCUT2D eigenvalue weighted by Gasteiger charge is 2.23. The van der Waals surface area contributed by atoms with Crippen molar-refractivity contribution in [1.82, 2.24) is 5.32 Å². The maximum atomic E-state index is 12.9. The summed E-state index contributed by atoms with van der Waals surface area (Å²) in [7, 11) is -2.18. The topological polar surface area (TPSA) is 75.7 Å². The van der Waals surface area contributed by atoms with Crippen LogP contribution in [0.1, 0.15) is 22.8 Å². The molecule has 31 heavy (non-hydrogen) atoms. The van der Waals surface area contributed by atoms with Crippen LogP contribution in [0.4, 0.5) is 5.69 Å². The third kappa shape index (κ3) is 5.44. The second-order valence-electron chi connectivity index (χ2n) is 7.29. The molecular formula is C24H26N2O4S. The molecule has 162 valence electrons. The molecule has 1 atom stereocenters. The number of hydrogen-bond donors (Lipinski definition) is 1. The van der Waals surface area contributed by atoms with Gasteiger partial charge in [-0.2, -0.15) is 0 Å². The molecule has 7 heteroatoms. The van der Waals surface area contributed by atoms with Crippen molar-refractivity contribution in [3.8, 4) is 5.75 Å². The van der Waals surface area contributed by atoms with Crippen molar-refractivity contribution < 1.29 is 17.9 Å². The van der Waals surface area contributed by atoms with E-state index in [2.05, 4.69) is 5.32 Å². The highest BCUT2D eigenvalue weighted by atomic mass is 32.2. The van der Waals surface area contributed by atoms with Crippen molar-refractivity contribution in [2.75, 3.05) is 18.0 Å². The van der Waals surface area contributed by atoms with E-state index in [9.17, 15) is 13.2 Å². The van der Waals surface area contributed by atoms with Crippen LogP contribution in [0.5, 0.6) is 5.75 Å². The first-order chi connectivity index (χ1) is 14.8. The van der Waals surface area contributed by atoms with Crippen LogP contribution >= 0.6 is 0 Å². The summed E-state index contributed by atoms with van der Waals surface area (Å²) in [6, 6.07) is 22.4. The lowest BCUT2D eigenvalue weighted by Gasteiger charge is -2.22. The van der Waals surface area contributed by atoms with Crippen molar-refractivity contribution in [3.63, 3.8) is 0 Å². The molecule has 1 N–H and O–H groups in total. The third-order valence-electron chi connectivity index (χ3n) is 4.82. The maximum absolute atomic E-state index is 12.9. The Morgan fingerprint density at radius 3 is 2.23 bits per heavy atom. The Balaban J connectivity index is 1.67. The van der Waals surface area contributed by atoms with Gasteiger partial charge in [0.05, 0.1) is 16.6 Å². The van der Waals surface area contributed by atoms with Gasteiger partial charge in [0.1, 0.15) is 12.4 Å². The van der Waals surface area contributed by atoms with Gasteiger partial charge in [0, 0.05) is 12.6 Å². The molecule has 0 aliphatic carbocycles. The summed E-state index contributed by atoms with van der Waals surface area (Å²) in [4.78, 5) is 12.8. The van der Waals surface area contributed by atoms with Crippen molar-refractivity contribution in [3.05, 3.63) is 90.0 Å². The molecule has 0 saturated carbocycles. The number of anilines is 1. The Kier molecular flexibility index (Phi) is 6.97. The highest BCUT2D eigenvalue weighted by molar-refractivity contribution is 7.92. The Morgan fingerprint density at radius 2 is 1.61 bits per heavy atom. The van der Waals surface area contributed by atoms with Crippen LogP contribution in [-0.2, 0) is 10.0 Å². The summed E-state index contributed by atoms with van der Waals surface area (Å²) in [5.41, 5.74) is 1.65. The minimum Gasteiger partial charge on any atom is -0.491 e. The Labute approximate surface area is 183 Å². The maximum Gasteiger partial charge on any atom is 0.264 e. The number of aryl methyl sites for hydroxylation is 1. The minimum atomic E-state index is -3.68. The lowest BCUT2D eigenvalue weighted by Crippen LogP contribution is -2.36. The van der Waals surface area contributed by atoms with Crippen molar-refractivity contribution in [1.29, 1.82) is 0 Å². The van der Waals surface area contributed by atoms with Gasteiger partial charge in [0.2, 0.25) is 0 Å². The van der Waals surface area contributed by atoms with E-state index >= 15 is 0 Å². The first-order valence-corrected chi connectivity index (χ1v) is 11.4. The molecule has 0 aliphatic heterocycles. The molecule has 3 rings (SSSR count). The molecular weight excluding hydrogens is 412 g/mol. The predicted molar refractivity (Wildman–Crippen MR) is 122 cm³/mol.